The second kappa shape index (κ2) is 9.48. The number of hydrogen-bond acceptors (Lipinski definition) is 5. The van der Waals surface area contributed by atoms with E-state index in [9.17, 15) is 13.2 Å². The van der Waals surface area contributed by atoms with Crippen LogP contribution >= 0.6 is 0 Å². The predicted molar refractivity (Wildman–Crippen MR) is 129 cm³/mol. The number of carbonyl (C=O) groups is 1. The number of amides is 1. The van der Waals surface area contributed by atoms with Gasteiger partial charge >= 0.3 is 0 Å². The SMILES string of the molecule is CCN(CC)S(=O)(=O)c1ccc(NC(=O)c2cc(-c3ccccn3)nc3ccccc23)cc1. The first kappa shape index (κ1) is 22.6. The fourth-order valence-electron chi connectivity index (χ4n) is 3.63. The molecule has 2 heterocycles. The van der Waals surface area contributed by atoms with Gasteiger partial charge in [0.2, 0.25) is 10.0 Å². The van der Waals surface area contributed by atoms with Crippen molar-refractivity contribution in [3.05, 3.63) is 84.6 Å². The van der Waals surface area contributed by atoms with E-state index in [1.165, 1.54) is 16.4 Å². The smallest absolute Gasteiger partial charge is 0.256 e. The van der Waals surface area contributed by atoms with Crippen molar-refractivity contribution in [2.45, 2.75) is 18.7 Å². The first-order valence-corrected chi connectivity index (χ1v) is 12.1. The Morgan fingerprint density at radius 2 is 1.61 bits per heavy atom. The van der Waals surface area contributed by atoms with Gasteiger partial charge in [-0.15, -0.1) is 0 Å². The number of rotatable bonds is 7. The van der Waals surface area contributed by atoms with Crippen LogP contribution in [0.25, 0.3) is 22.3 Å². The van der Waals surface area contributed by atoms with Crippen LogP contribution in [0.15, 0.2) is 83.9 Å². The molecule has 8 heteroatoms. The van der Waals surface area contributed by atoms with Gasteiger partial charge in [0.15, 0.2) is 0 Å². The molecule has 2 aromatic heterocycles. The Bertz CT molecular complexity index is 1380. The maximum atomic E-state index is 13.2. The molecule has 0 spiro atoms. The lowest BCUT2D eigenvalue weighted by molar-refractivity contribution is 0.102. The van der Waals surface area contributed by atoms with E-state index in [0.29, 0.717) is 41.2 Å². The number of anilines is 1. The highest BCUT2D eigenvalue weighted by atomic mass is 32.2. The molecule has 0 aliphatic rings. The maximum absolute atomic E-state index is 13.2. The third-order valence-electron chi connectivity index (χ3n) is 5.34. The average molecular weight is 461 g/mol. The monoisotopic (exact) mass is 460 g/mol. The topological polar surface area (TPSA) is 92.3 Å². The number of para-hydroxylation sites is 1. The zero-order valence-electron chi connectivity index (χ0n) is 18.4. The summed E-state index contributed by atoms with van der Waals surface area (Å²) in [5.74, 6) is -0.315. The lowest BCUT2D eigenvalue weighted by Gasteiger charge is -2.18. The summed E-state index contributed by atoms with van der Waals surface area (Å²) >= 11 is 0. The van der Waals surface area contributed by atoms with Crippen molar-refractivity contribution in [3.63, 3.8) is 0 Å². The molecular weight excluding hydrogens is 436 g/mol. The predicted octanol–water partition coefficient (Wildman–Crippen LogP) is 4.58. The van der Waals surface area contributed by atoms with E-state index in [-0.39, 0.29) is 10.8 Å². The van der Waals surface area contributed by atoms with Crippen molar-refractivity contribution in [1.29, 1.82) is 0 Å². The highest BCUT2D eigenvalue weighted by molar-refractivity contribution is 7.89. The Kier molecular flexibility index (Phi) is 6.48. The fourth-order valence-corrected chi connectivity index (χ4v) is 5.09. The fraction of sp³-hybridized carbons (Fsp3) is 0.160. The van der Waals surface area contributed by atoms with Gasteiger partial charge in [-0.2, -0.15) is 4.31 Å². The van der Waals surface area contributed by atoms with Crippen molar-refractivity contribution in [3.8, 4) is 11.4 Å². The molecule has 1 N–H and O–H groups in total. The minimum absolute atomic E-state index is 0.191. The van der Waals surface area contributed by atoms with Gasteiger partial charge < -0.3 is 5.32 Å². The van der Waals surface area contributed by atoms with Crippen LogP contribution in [0, 0.1) is 0 Å². The van der Waals surface area contributed by atoms with Crippen molar-refractivity contribution >= 4 is 32.5 Å². The Hall–Kier alpha value is -3.62. The quantitative estimate of drug-likeness (QED) is 0.436. The van der Waals surface area contributed by atoms with Crippen LogP contribution in [0.2, 0.25) is 0 Å². The first-order valence-electron chi connectivity index (χ1n) is 10.7. The van der Waals surface area contributed by atoms with Crippen LogP contribution < -0.4 is 5.32 Å². The van der Waals surface area contributed by atoms with E-state index in [1.54, 1.807) is 38.2 Å². The van der Waals surface area contributed by atoms with E-state index in [1.807, 2.05) is 42.5 Å². The molecule has 4 aromatic rings. The molecule has 4 rings (SSSR count). The normalized spacial score (nSPS) is 11.6. The number of sulfonamides is 1. The molecule has 0 aliphatic heterocycles. The zero-order valence-corrected chi connectivity index (χ0v) is 19.2. The number of hydrogen-bond donors (Lipinski definition) is 1. The number of nitrogens with one attached hydrogen (secondary N) is 1. The second-order valence-electron chi connectivity index (χ2n) is 7.36. The molecule has 1 amide bonds. The first-order chi connectivity index (χ1) is 15.9. The summed E-state index contributed by atoms with van der Waals surface area (Å²) in [4.78, 5) is 22.4. The lowest BCUT2D eigenvalue weighted by Crippen LogP contribution is -2.30. The molecule has 0 atom stereocenters. The van der Waals surface area contributed by atoms with Crippen molar-refractivity contribution in [2.24, 2.45) is 0 Å². The molecule has 168 valence electrons. The Morgan fingerprint density at radius 3 is 2.27 bits per heavy atom. The van der Waals surface area contributed by atoms with E-state index in [2.05, 4.69) is 15.3 Å². The molecule has 2 aromatic carbocycles. The molecule has 0 aliphatic carbocycles. The molecule has 0 radical (unpaired) electrons. The molecule has 0 saturated heterocycles. The number of nitrogens with zero attached hydrogens (tertiary/aromatic N) is 3. The molecule has 0 fully saturated rings. The van der Waals surface area contributed by atoms with E-state index >= 15 is 0 Å². The van der Waals surface area contributed by atoms with Gasteiger partial charge in [0.1, 0.15) is 0 Å². The third kappa shape index (κ3) is 4.62. The number of benzene rings is 2. The molecule has 7 nitrogen and oxygen atoms in total. The van der Waals surface area contributed by atoms with Crippen LogP contribution in [-0.4, -0.2) is 41.7 Å². The molecule has 33 heavy (non-hydrogen) atoms. The Morgan fingerprint density at radius 1 is 0.909 bits per heavy atom. The van der Waals surface area contributed by atoms with Crippen LogP contribution in [0.1, 0.15) is 24.2 Å². The minimum Gasteiger partial charge on any atom is -0.322 e. The van der Waals surface area contributed by atoms with E-state index in [0.717, 1.165) is 5.39 Å². The standard InChI is InChI=1S/C25H24N4O3S/c1-3-29(4-2)33(31,32)19-14-12-18(13-15-19)27-25(30)21-17-24(23-11-7-8-16-26-23)28-22-10-6-5-9-20(21)22/h5-17H,3-4H2,1-2H3,(H,27,30). The Labute approximate surface area is 193 Å². The molecule has 0 bridgehead atoms. The molecule has 0 saturated carbocycles. The summed E-state index contributed by atoms with van der Waals surface area (Å²) < 4.78 is 26.8. The van der Waals surface area contributed by atoms with Gasteiger partial charge in [0.25, 0.3) is 5.91 Å². The zero-order chi connectivity index (χ0) is 23.4. The summed E-state index contributed by atoms with van der Waals surface area (Å²) in [6, 6.07) is 20.9. The summed E-state index contributed by atoms with van der Waals surface area (Å²) in [6.07, 6.45) is 1.68. The van der Waals surface area contributed by atoms with Gasteiger partial charge in [-0.1, -0.05) is 38.1 Å². The van der Waals surface area contributed by atoms with Gasteiger partial charge in [0, 0.05) is 30.4 Å². The highest BCUT2D eigenvalue weighted by Crippen LogP contribution is 2.25. The van der Waals surface area contributed by atoms with E-state index < -0.39 is 10.0 Å². The Balaban J connectivity index is 1.66. The van der Waals surface area contributed by atoms with Gasteiger partial charge in [-0.3, -0.25) is 9.78 Å². The summed E-state index contributed by atoms with van der Waals surface area (Å²) in [5, 5.41) is 3.59. The number of pyridine rings is 2. The van der Waals surface area contributed by atoms with Crippen molar-refractivity contribution < 1.29 is 13.2 Å². The van der Waals surface area contributed by atoms with Gasteiger partial charge in [-0.25, -0.2) is 13.4 Å². The van der Waals surface area contributed by atoms with Crippen molar-refractivity contribution in [2.75, 3.05) is 18.4 Å². The molecule has 0 unspecified atom stereocenters. The van der Waals surface area contributed by atoms with Gasteiger partial charge in [0.05, 0.1) is 27.4 Å². The number of aromatic nitrogens is 2. The van der Waals surface area contributed by atoms with Crippen LogP contribution in [-0.2, 0) is 10.0 Å². The summed E-state index contributed by atoms with van der Waals surface area (Å²) in [7, 11) is -3.56. The molecular formula is C25H24N4O3S. The van der Waals surface area contributed by atoms with Crippen LogP contribution in [0.3, 0.4) is 0 Å². The van der Waals surface area contributed by atoms with Crippen LogP contribution in [0.4, 0.5) is 5.69 Å². The lowest BCUT2D eigenvalue weighted by atomic mass is 10.1. The van der Waals surface area contributed by atoms with Crippen LogP contribution in [0.5, 0.6) is 0 Å². The van der Waals surface area contributed by atoms with Crippen molar-refractivity contribution in [1.82, 2.24) is 14.3 Å². The second-order valence-corrected chi connectivity index (χ2v) is 9.29. The third-order valence-corrected chi connectivity index (χ3v) is 7.41. The van der Waals surface area contributed by atoms with E-state index in [4.69, 9.17) is 0 Å². The minimum atomic E-state index is -3.56. The summed E-state index contributed by atoms with van der Waals surface area (Å²) in [6.45, 7) is 4.39. The average Bonchev–Trinajstić information content (AvgIpc) is 2.84. The number of carbonyl (C=O) groups excluding carboxylic acids is 1. The summed E-state index contributed by atoms with van der Waals surface area (Å²) in [5.41, 5.74) is 2.91. The van der Waals surface area contributed by atoms with Gasteiger partial charge in [-0.05, 0) is 48.5 Å². The highest BCUT2D eigenvalue weighted by Gasteiger charge is 2.21. The maximum Gasteiger partial charge on any atom is 0.256 e. The largest absolute Gasteiger partial charge is 0.322 e. The number of fused-ring (bicyclic) bond motifs is 1.